The van der Waals surface area contributed by atoms with Crippen molar-refractivity contribution in [3.8, 4) is 0 Å². The lowest BCUT2D eigenvalue weighted by Gasteiger charge is -2.41. The first kappa shape index (κ1) is 54.8. The maximum Gasteiger partial charge on any atom is 0.472 e. The lowest BCUT2D eigenvalue weighted by molar-refractivity contribution is -0.220. The molecule has 1 saturated carbocycles. The first-order chi connectivity index (χ1) is 28.4. The molecule has 1 aliphatic rings. The number of carbonyl (C=O) groups is 2. The second-order valence-electron chi connectivity index (χ2n) is 15.5. The number of aliphatic hydroxyl groups excluding tert-OH is 5. The standard InChI is InChI=1S/C45H79O13P/c1-3-5-7-9-11-13-15-17-19-21-23-25-27-29-31-33-38(46)55-35-37(36-56-59(53,54)58-45-43(51)41(49)40(48)42(50)44(45)52)57-39(47)34-32-30-28-26-24-22-20-18-16-14-12-10-8-6-4-2/h12,14,17-20,24,26,37,40-45,48-52H,3-11,13,15-16,21-23,25,27-36H2,1-2H3,(H,53,54)/t37-,40?,41-,42?,43?,44?,45?/m1/s1. The minimum absolute atomic E-state index is 0.0452. The van der Waals surface area contributed by atoms with Crippen LogP contribution < -0.4 is 0 Å². The number of allylic oxidation sites excluding steroid dienone is 8. The minimum atomic E-state index is -5.13. The molecule has 59 heavy (non-hydrogen) atoms. The van der Waals surface area contributed by atoms with Crippen LogP contribution in [0, 0.1) is 0 Å². The maximum atomic E-state index is 12.8. The van der Waals surface area contributed by atoms with Gasteiger partial charge in [-0.25, -0.2) is 4.57 Å². The Morgan fingerprint density at radius 3 is 1.47 bits per heavy atom. The van der Waals surface area contributed by atoms with Gasteiger partial charge in [-0.3, -0.25) is 18.6 Å². The highest BCUT2D eigenvalue weighted by molar-refractivity contribution is 7.47. The van der Waals surface area contributed by atoms with Gasteiger partial charge in [0.1, 0.15) is 43.2 Å². The molecule has 0 aliphatic heterocycles. The van der Waals surface area contributed by atoms with Crippen molar-refractivity contribution in [2.45, 2.75) is 211 Å². The number of aliphatic hydroxyl groups is 5. The van der Waals surface area contributed by atoms with Crippen LogP contribution >= 0.6 is 7.82 Å². The zero-order valence-corrected chi connectivity index (χ0v) is 36.9. The van der Waals surface area contributed by atoms with Crippen molar-refractivity contribution in [3.63, 3.8) is 0 Å². The van der Waals surface area contributed by atoms with E-state index in [0.29, 0.717) is 12.8 Å². The van der Waals surface area contributed by atoms with Gasteiger partial charge in [-0.1, -0.05) is 127 Å². The van der Waals surface area contributed by atoms with Gasteiger partial charge < -0.3 is 39.9 Å². The van der Waals surface area contributed by atoms with E-state index in [0.717, 1.165) is 70.6 Å². The quantitative estimate of drug-likeness (QED) is 0.0152. The van der Waals surface area contributed by atoms with Gasteiger partial charge >= 0.3 is 19.8 Å². The summed E-state index contributed by atoms with van der Waals surface area (Å²) in [4.78, 5) is 35.6. The van der Waals surface area contributed by atoms with Crippen LogP contribution in [0.4, 0.5) is 0 Å². The summed E-state index contributed by atoms with van der Waals surface area (Å²) >= 11 is 0. The third kappa shape index (κ3) is 28.1. The van der Waals surface area contributed by atoms with E-state index in [1.807, 2.05) is 0 Å². The Morgan fingerprint density at radius 2 is 0.915 bits per heavy atom. The predicted molar refractivity (Wildman–Crippen MR) is 230 cm³/mol. The summed E-state index contributed by atoms with van der Waals surface area (Å²) < 4.78 is 33.4. The van der Waals surface area contributed by atoms with Crippen molar-refractivity contribution in [2.75, 3.05) is 13.2 Å². The van der Waals surface area contributed by atoms with Crippen LogP contribution in [-0.2, 0) is 32.7 Å². The summed E-state index contributed by atoms with van der Waals surface area (Å²) in [6.07, 6.45) is 27.4. The van der Waals surface area contributed by atoms with E-state index >= 15 is 0 Å². The van der Waals surface area contributed by atoms with Crippen LogP contribution in [0.15, 0.2) is 48.6 Å². The fourth-order valence-corrected chi connectivity index (χ4v) is 7.44. The van der Waals surface area contributed by atoms with Gasteiger partial charge in [0, 0.05) is 12.8 Å². The summed E-state index contributed by atoms with van der Waals surface area (Å²) in [6, 6.07) is 0. The van der Waals surface area contributed by atoms with Crippen LogP contribution in [0.2, 0.25) is 0 Å². The van der Waals surface area contributed by atoms with E-state index in [2.05, 4.69) is 62.5 Å². The van der Waals surface area contributed by atoms with Crippen LogP contribution in [0.1, 0.15) is 168 Å². The molecular formula is C45H79O13P. The minimum Gasteiger partial charge on any atom is -0.462 e. The molecule has 0 aromatic heterocycles. The monoisotopic (exact) mass is 859 g/mol. The van der Waals surface area contributed by atoms with Crippen molar-refractivity contribution in [2.24, 2.45) is 0 Å². The number of phosphoric ester groups is 1. The number of esters is 2. The third-order valence-electron chi connectivity index (χ3n) is 10.1. The van der Waals surface area contributed by atoms with Gasteiger partial charge in [-0.15, -0.1) is 0 Å². The average Bonchev–Trinajstić information content (AvgIpc) is 3.21. The summed E-state index contributed by atoms with van der Waals surface area (Å²) in [6.45, 7) is 3.21. The SMILES string of the molecule is CCCCCC=CCC=CCC=CCCCCC(=O)O[C@H](COC(=O)CCCCCCCC=CCCCCCCCC)COP(=O)(O)OC1C(O)C(O)C(O)[C@@H](O)C1O. The first-order valence-electron chi connectivity index (χ1n) is 22.4. The molecule has 0 amide bonds. The number of rotatable bonds is 36. The summed E-state index contributed by atoms with van der Waals surface area (Å²) in [5.74, 6) is -1.16. The van der Waals surface area contributed by atoms with Crippen LogP contribution in [0.25, 0.3) is 0 Å². The first-order valence-corrected chi connectivity index (χ1v) is 23.9. The van der Waals surface area contributed by atoms with E-state index < -0.39 is 75.7 Å². The highest BCUT2D eigenvalue weighted by atomic mass is 31.2. The van der Waals surface area contributed by atoms with Crippen LogP contribution in [0.5, 0.6) is 0 Å². The molecule has 0 aromatic rings. The predicted octanol–water partition coefficient (Wildman–Crippen LogP) is 8.39. The van der Waals surface area contributed by atoms with E-state index in [1.54, 1.807) is 0 Å². The average molecular weight is 859 g/mol. The Morgan fingerprint density at radius 1 is 0.525 bits per heavy atom. The molecule has 1 rings (SSSR count). The van der Waals surface area contributed by atoms with E-state index in [9.17, 15) is 44.6 Å². The van der Waals surface area contributed by atoms with Crippen molar-refractivity contribution < 1.29 is 63.1 Å². The summed E-state index contributed by atoms with van der Waals surface area (Å²) in [5, 5.41) is 50.1. The molecule has 8 atom stereocenters. The van der Waals surface area contributed by atoms with Gasteiger partial charge in [0.2, 0.25) is 0 Å². The van der Waals surface area contributed by atoms with Gasteiger partial charge in [0.25, 0.3) is 0 Å². The van der Waals surface area contributed by atoms with Gasteiger partial charge in [-0.2, -0.15) is 0 Å². The van der Waals surface area contributed by atoms with Crippen molar-refractivity contribution >= 4 is 19.8 Å². The fraction of sp³-hybridized carbons (Fsp3) is 0.778. The third-order valence-corrected chi connectivity index (χ3v) is 11.1. The van der Waals surface area contributed by atoms with Gasteiger partial charge in [0.15, 0.2) is 6.10 Å². The molecule has 0 radical (unpaired) electrons. The lowest BCUT2D eigenvalue weighted by atomic mass is 9.85. The number of hydrogen-bond donors (Lipinski definition) is 6. The molecule has 6 N–H and O–H groups in total. The summed E-state index contributed by atoms with van der Waals surface area (Å²) in [5.41, 5.74) is 0. The Kier molecular flexibility index (Phi) is 32.9. The molecule has 1 fully saturated rings. The zero-order valence-electron chi connectivity index (χ0n) is 36.0. The molecular weight excluding hydrogens is 779 g/mol. The summed E-state index contributed by atoms with van der Waals surface area (Å²) in [7, 11) is -5.13. The Hall–Kier alpha value is -2.19. The van der Waals surface area contributed by atoms with Crippen LogP contribution in [-0.4, -0.2) is 98.3 Å². The largest absolute Gasteiger partial charge is 0.472 e. The van der Waals surface area contributed by atoms with Gasteiger partial charge in [0.05, 0.1) is 6.61 Å². The van der Waals surface area contributed by atoms with E-state index in [-0.39, 0.29) is 12.8 Å². The Labute approximate surface area is 354 Å². The topological polar surface area (TPSA) is 210 Å². The highest BCUT2D eigenvalue weighted by Crippen LogP contribution is 2.47. The second-order valence-corrected chi connectivity index (χ2v) is 16.9. The molecule has 0 spiro atoms. The van der Waals surface area contributed by atoms with Crippen molar-refractivity contribution in [3.05, 3.63) is 48.6 Å². The fourth-order valence-electron chi connectivity index (χ4n) is 6.46. The van der Waals surface area contributed by atoms with Crippen LogP contribution in [0.3, 0.4) is 0 Å². The maximum absolute atomic E-state index is 12.8. The Bertz CT molecular complexity index is 1220. The lowest BCUT2D eigenvalue weighted by Crippen LogP contribution is -2.64. The molecule has 0 saturated heterocycles. The molecule has 6 unspecified atom stereocenters. The molecule has 0 bridgehead atoms. The smallest absolute Gasteiger partial charge is 0.462 e. The number of unbranched alkanes of at least 4 members (excludes halogenated alkanes) is 16. The number of ether oxygens (including phenoxy) is 2. The van der Waals surface area contributed by atoms with E-state index in [4.69, 9.17) is 18.5 Å². The second kappa shape index (κ2) is 35.4. The zero-order chi connectivity index (χ0) is 43.6. The van der Waals surface area contributed by atoms with Crippen molar-refractivity contribution in [1.29, 1.82) is 0 Å². The molecule has 0 heterocycles. The highest BCUT2D eigenvalue weighted by Gasteiger charge is 2.51. The molecule has 14 heteroatoms. The molecule has 0 aromatic carbocycles. The number of hydrogen-bond acceptors (Lipinski definition) is 12. The number of carbonyl (C=O) groups excluding carboxylic acids is 2. The molecule has 13 nitrogen and oxygen atoms in total. The number of phosphoric acid groups is 1. The Balaban J connectivity index is 2.52. The van der Waals surface area contributed by atoms with Gasteiger partial charge in [-0.05, 0) is 77.0 Å². The molecule has 1 aliphatic carbocycles. The van der Waals surface area contributed by atoms with E-state index in [1.165, 1.54) is 57.8 Å². The normalized spacial score (nSPS) is 22.8. The molecule has 342 valence electrons. The van der Waals surface area contributed by atoms with Crippen molar-refractivity contribution in [1.82, 2.24) is 0 Å².